The number of hydrogen-bond acceptors (Lipinski definition) is 5. The summed E-state index contributed by atoms with van der Waals surface area (Å²) in [4.78, 5) is 13.2. The first-order chi connectivity index (χ1) is 11.2. The van der Waals surface area contributed by atoms with Crippen LogP contribution in [0.1, 0.15) is 12.8 Å². The van der Waals surface area contributed by atoms with Crippen LogP contribution in [0.25, 0.3) is 0 Å². The average molecular weight is 318 g/mol. The number of cyclic esters (lactones) is 1. The van der Waals surface area contributed by atoms with Gasteiger partial charge in [-0.05, 0) is 62.0 Å². The fourth-order valence-corrected chi connectivity index (χ4v) is 3.89. The third-order valence-electron chi connectivity index (χ3n) is 5.18. The van der Waals surface area contributed by atoms with Crippen molar-refractivity contribution < 1.29 is 19.4 Å². The number of carbonyl (C=O) groups is 1. The molecule has 2 aliphatic heterocycles. The van der Waals surface area contributed by atoms with E-state index < -0.39 is 6.10 Å². The molecule has 1 amide bonds. The molecule has 2 saturated heterocycles. The second kappa shape index (κ2) is 6.02. The standard InChI is InChI=1S/C17H22N2O4/c20-15-7-11-9-18-10-12(11)8-16(15)23-14-3-1-13(2-4-14)19-5-6-22-17(19)21/h1-4,11-12,15-16,18,20H,5-10H2/t11-,12+,15+,16+/m0/s1. The molecule has 2 heterocycles. The Morgan fingerprint density at radius 1 is 1.17 bits per heavy atom. The Balaban J connectivity index is 1.41. The van der Waals surface area contributed by atoms with Gasteiger partial charge in [0.1, 0.15) is 18.5 Å². The van der Waals surface area contributed by atoms with E-state index in [0.29, 0.717) is 25.0 Å². The summed E-state index contributed by atoms with van der Waals surface area (Å²) in [6.45, 7) is 3.04. The summed E-state index contributed by atoms with van der Waals surface area (Å²) < 4.78 is 11.0. The lowest BCUT2D eigenvalue weighted by Gasteiger charge is -2.35. The molecule has 4 rings (SSSR count). The third-order valence-corrected chi connectivity index (χ3v) is 5.18. The van der Waals surface area contributed by atoms with Crippen molar-refractivity contribution in [2.24, 2.45) is 11.8 Å². The number of carbonyl (C=O) groups excluding carboxylic acids is 1. The number of aliphatic hydroxyl groups is 1. The lowest BCUT2D eigenvalue weighted by molar-refractivity contribution is -0.0231. The summed E-state index contributed by atoms with van der Waals surface area (Å²) in [5.74, 6) is 1.91. The van der Waals surface area contributed by atoms with E-state index in [1.807, 2.05) is 24.3 Å². The summed E-state index contributed by atoms with van der Waals surface area (Å²) in [6.07, 6.45) is 0.822. The molecule has 1 aliphatic carbocycles. The number of hydrogen-bond donors (Lipinski definition) is 2. The smallest absolute Gasteiger partial charge is 0.414 e. The molecule has 0 radical (unpaired) electrons. The van der Waals surface area contributed by atoms with Gasteiger partial charge in [0.05, 0.1) is 12.6 Å². The van der Waals surface area contributed by atoms with Crippen molar-refractivity contribution >= 4 is 11.8 Å². The fourth-order valence-electron chi connectivity index (χ4n) is 3.89. The molecule has 0 bridgehead atoms. The van der Waals surface area contributed by atoms with Crippen molar-refractivity contribution in [1.29, 1.82) is 0 Å². The summed E-state index contributed by atoms with van der Waals surface area (Å²) in [5.41, 5.74) is 0.809. The number of nitrogens with zero attached hydrogens (tertiary/aromatic N) is 1. The normalized spacial score (nSPS) is 33.4. The van der Waals surface area contributed by atoms with Crippen LogP contribution in [0.15, 0.2) is 24.3 Å². The number of nitrogens with one attached hydrogen (secondary N) is 1. The molecule has 3 aliphatic rings. The molecule has 3 fully saturated rings. The zero-order valence-corrected chi connectivity index (χ0v) is 13.0. The fraction of sp³-hybridized carbons (Fsp3) is 0.588. The molecule has 6 nitrogen and oxygen atoms in total. The van der Waals surface area contributed by atoms with Crippen molar-refractivity contribution in [2.45, 2.75) is 25.0 Å². The van der Waals surface area contributed by atoms with E-state index >= 15 is 0 Å². The number of fused-ring (bicyclic) bond motifs is 1. The summed E-state index contributed by atoms with van der Waals surface area (Å²) in [5, 5.41) is 13.7. The van der Waals surface area contributed by atoms with Crippen molar-refractivity contribution in [1.82, 2.24) is 5.32 Å². The highest BCUT2D eigenvalue weighted by Gasteiger charge is 2.39. The van der Waals surface area contributed by atoms with E-state index in [1.165, 1.54) is 0 Å². The van der Waals surface area contributed by atoms with E-state index in [2.05, 4.69) is 5.32 Å². The van der Waals surface area contributed by atoms with Crippen LogP contribution in [0.5, 0.6) is 5.75 Å². The van der Waals surface area contributed by atoms with Gasteiger partial charge in [0.25, 0.3) is 0 Å². The maximum atomic E-state index is 11.6. The number of anilines is 1. The molecule has 4 atom stereocenters. The van der Waals surface area contributed by atoms with Gasteiger partial charge in [-0.2, -0.15) is 0 Å². The Labute approximate surface area is 135 Å². The van der Waals surface area contributed by atoms with Crippen LogP contribution in [0.3, 0.4) is 0 Å². The van der Waals surface area contributed by atoms with Crippen LogP contribution < -0.4 is 15.0 Å². The van der Waals surface area contributed by atoms with Crippen LogP contribution >= 0.6 is 0 Å². The lowest BCUT2D eigenvalue weighted by Crippen LogP contribution is -2.42. The van der Waals surface area contributed by atoms with Gasteiger partial charge in [-0.25, -0.2) is 4.79 Å². The van der Waals surface area contributed by atoms with Crippen LogP contribution in [0.4, 0.5) is 10.5 Å². The van der Waals surface area contributed by atoms with E-state index in [4.69, 9.17) is 9.47 Å². The Morgan fingerprint density at radius 3 is 2.61 bits per heavy atom. The molecule has 1 aromatic rings. The Morgan fingerprint density at radius 2 is 1.91 bits per heavy atom. The molecule has 6 heteroatoms. The SMILES string of the molecule is O=C1OCCN1c1ccc(O[C@@H]2C[C@@H]3CNC[C@@H]3C[C@H]2O)cc1. The topological polar surface area (TPSA) is 71.0 Å². The Hall–Kier alpha value is -1.79. The van der Waals surface area contributed by atoms with Gasteiger partial charge in [-0.15, -0.1) is 0 Å². The summed E-state index contributed by atoms with van der Waals surface area (Å²) in [7, 11) is 0. The molecule has 0 unspecified atom stereocenters. The van der Waals surface area contributed by atoms with Crippen LogP contribution in [0.2, 0.25) is 0 Å². The number of aliphatic hydroxyl groups excluding tert-OH is 1. The maximum absolute atomic E-state index is 11.6. The highest BCUT2D eigenvalue weighted by Crippen LogP contribution is 2.35. The number of amides is 1. The Kier molecular flexibility index (Phi) is 3.87. The summed E-state index contributed by atoms with van der Waals surface area (Å²) in [6, 6.07) is 7.42. The van der Waals surface area contributed by atoms with Crippen LogP contribution in [0, 0.1) is 11.8 Å². The predicted octanol–water partition coefficient (Wildman–Crippen LogP) is 1.38. The second-order valence-corrected chi connectivity index (χ2v) is 6.63. The number of ether oxygens (including phenoxy) is 2. The minimum Gasteiger partial charge on any atom is -0.488 e. The number of rotatable bonds is 3. The first-order valence-electron chi connectivity index (χ1n) is 8.30. The van der Waals surface area contributed by atoms with Gasteiger partial charge in [0.2, 0.25) is 0 Å². The molecule has 1 aromatic carbocycles. The van der Waals surface area contributed by atoms with E-state index in [-0.39, 0.29) is 12.2 Å². The van der Waals surface area contributed by atoms with Crippen LogP contribution in [-0.2, 0) is 4.74 Å². The number of benzene rings is 1. The zero-order chi connectivity index (χ0) is 15.8. The van der Waals surface area contributed by atoms with Crippen LogP contribution in [-0.4, -0.2) is 49.6 Å². The first kappa shape index (κ1) is 14.8. The van der Waals surface area contributed by atoms with Gasteiger partial charge in [-0.3, -0.25) is 4.90 Å². The minimum atomic E-state index is -0.413. The monoisotopic (exact) mass is 318 g/mol. The molecule has 0 aromatic heterocycles. The first-order valence-corrected chi connectivity index (χ1v) is 8.30. The van der Waals surface area contributed by atoms with Crippen molar-refractivity contribution in [3.8, 4) is 5.75 Å². The molecule has 0 spiro atoms. The van der Waals surface area contributed by atoms with Gasteiger partial charge < -0.3 is 19.9 Å². The Bertz CT molecular complexity index is 576. The van der Waals surface area contributed by atoms with Gasteiger partial charge in [0.15, 0.2) is 0 Å². The van der Waals surface area contributed by atoms with Gasteiger partial charge in [0, 0.05) is 5.69 Å². The third kappa shape index (κ3) is 2.88. The highest BCUT2D eigenvalue weighted by atomic mass is 16.6. The maximum Gasteiger partial charge on any atom is 0.414 e. The predicted molar refractivity (Wildman–Crippen MR) is 84.6 cm³/mol. The minimum absolute atomic E-state index is 0.154. The van der Waals surface area contributed by atoms with Crippen molar-refractivity contribution in [3.05, 3.63) is 24.3 Å². The zero-order valence-electron chi connectivity index (χ0n) is 13.0. The highest BCUT2D eigenvalue weighted by molar-refractivity contribution is 5.89. The van der Waals surface area contributed by atoms with Crippen molar-refractivity contribution in [2.75, 3.05) is 31.1 Å². The van der Waals surface area contributed by atoms with Gasteiger partial charge in [-0.1, -0.05) is 0 Å². The molecule has 124 valence electrons. The van der Waals surface area contributed by atoms with Gasteiger partial charge >= 0.3 is 6.09 Å². The second-order valence-electron chi connectivity index (χ2n) is 6.63. The largest absolute Gasteiger partial charge is 0.488 e. The molecule has 1 saturated carbocycles. The molecular formula is C17H22N2O4. The molecule has 2 N–H and O–H groups in total. The van der Waals surface area contributed by atoms with Crippen molar-refractivity contribution in [3.63, 3.8) is 0 Å². The lowest BCUT2D eigenvalue weighted by atomic mass is 9.78. The van der Waals surface area contributed by atoms with E-state index in [1.54, 1.807) is 4.90 Å². The quantitative estimate of drug-likeness (QED) is 0.881. The summed E-state index contributed by atoms with van der Waals surface area (Å²) >= 11 is 0. The molecule has 23 heavy (non-hydrogen) atoms. The van der Waals surface area contributed by atoms with E-state index in [9.17, 15) is 9.90 Å². The van der Waals surface area contributed by atoms with E-state index in [0.717, 1.165) is 37.4 Å². The average Bonchev–Trinajstić information content (AvgIpc) is 3.17. The molecular weight excluding hydrogens is 296 g/mol.